The molecule has 1 atom stereocenters. The van der Waals surface area contributed by atoms with Crippen molar-refractivity contribution in [2.45, 2.75) is 31.8 Å². The molecule has 2 heterocycles. The number of aliphatic carboxylic acids is 1. The molecule has 1 aromatic carbocycles. The third-order valence-corrected chi connectivity index (χ3v) is 5.41. The zero-order chi connectivity index (χ0) is 18.0. The van der Waals surface area contributed by atoms with Crippen molar-refractivity contribution in [3.8, 4) is 5.75 Å². The van der Waals surface area contributed by atoms with Crippen molar-refractivity contribution >= 4 is 11.9 Å². The number of carboxylic acid groups (broad SMARTS) is 1. The van der Waals surface area contributed by atoms with Crippen molar-refractivity contribution in [3.05, 3.63) is 29.8 Å². The number of piperidine rings is 1. The number of hydrogen-bond acceptors (Lipinski definition) is 4. The van der Waals surface area contributed by atoms with Crippen LogP contribution in [-0.2, 0) is 9.59 Å². The zero-order valence-electron chi connectivity index (χ0n) is 14.9. The van der Waals surface area contributed by atoms with Crippen LogP contribution in [0, 0.1) is 12.8 Å². The molecule has 1 N–H and O–H groups in total. The number of carbonyl (C=O) groups is 2. The normalized spacial score (nSPS) is 23.4. The predicted molar refractivity (Wildman–Crippen MR) is 93.6 cm³/mol. The maximum Gasteiger partial charge on any atom is 0.348 e. The van der Waals surface area contributed by atoms with E-state index in [0.29, 0.717) is 31.7 Å². The first kappa shape index (κ1) is 17.7. The summed E-state index contributed by atoms with van der Waals surface area (Å²) in [6.45, 7) is 4.49. The number of ether oxygens (including phenoxy) is 1. The van der Waals surface area contributed by atoms with Gasteiger partial charge in [0.05, 0.1) is 5.92 Å². The summed E-state index contributed by atoms with van der Waals surface area (Å²) < 4.78 is 5.96. The number of nitrogens with zero attached hydrogens (tertiary/aromatic N) is 2. The molecule has 136 valence electrons. The lowest BCUT2D eigenvalue weighted by Gasteiger charge is -2.39. The molecule has 0 saturated carbocycles. The van der Waals surface area contributed by atoms with Gasteiger partial charge in [-0.3, -0.25) is 4.79 Å². The molecule has 0 aromatic heterocycles. The average molecular weight is 346 g/mol. The molecule has 25 heavy (non-hydrogen) atoms. The third-order valence-electron chi connectivity index (χ3n) is 5.41. The summed E-state index contributed by atoms with van der Waals surface area (Å²) in [4.78, 5) is 28.6. The second-order valence-electron chi connectivity index (χ2n) is 7.24. The number of likely N-dealkylation sites (tertiary alicyclic amines) is 2. The Morgan fingerprint density at radius 3 is 2.44 bits per heavy atom. The van der Waals surface area contributed by atoms with Crippen LogP contribution in [0.1, 0.15) is 24.8 Å². The van der Waals surface area contributed by atoms with Crippen molar-refractivity contribution in [2.24, 2.45) is 5.92 Å². The summed E-state index contributed by atoms with van der Waals surface area (Å²) in [6, 6.07) is 7.44. The molecule has 2 aliphatic heterocycles. The highest BCUT2D eigenvalue weighted by molar-refractivity contribution is 5.81. The van der Waals surface area contributed by atoms with Crippen molar-refractivity contribution in [3.63, 3.8) is 0 Å². The van der Waals surface area contributed by atoms with Gasteiger partial charge < -0.3 is 19.6 Å². The molecule has 2 aliphatic rings. The summed E-state index contributed by atoms with van der Waals surface area (Å²) in [5.41, 5.74) is -0.342. The van der Waals surface area contributed by atoms with Crippen LogP contribution in [0.15, 0.2) is 24.3 Å². The summed E-state index contributed by atoms with van der Waals surface area (Å²) in [5.74, 6) is -0.163. The van der Waals surface area contributed by atoms with Gasteiger partial charge in [-0.15, -0.1) is 0 Å². The van der Waals surface area contributed by atoms with Gasteiger partial charge in [0.2, 0.25) is 11.5 Å². The fourth-order valence-corrected chi connectivity index (χ4v) is 3.72. The number of carbonyl (C=O) groups excluding carboxylic acids is 1. The zero-order valence-corrected chi connectivity index (χ0v) is 14.9. The van der Waals surface area contributed by atoms with Crippen molar-refractivity contribution in [1.82, 2.24) is 9.80 Å². The fourth-order valence-electron chi connectivity index (χ4n) is 3.72. The monoisotopic (exact) mass is 346 g/mol. The van der Waals surface area contributed by atoms with E-state index in [-0.39, 0.29) is 11.8 Å². The Morgan fingerprint density at radius 1 is 1.20 bits per heavy atom. The number of hydrogen-bond donors (Lipinski definition) is 1. The van der Waals surface area contributed by atoms with Gasteiger partial charge in [-0.2, -0.15) is 0 Å². The molecule has 1 aromatic rings. The smallest absolute Gasteiger partial charge is 0.348 e. The first-order chi connectivity index (χ1) is 11.9. The summed E-state index contributed by atoms with van der Waals surface area (Å²) in [6.07, 6.45) is 1.51. The Labute approximate surface area is 148 Å². The number of amides is 1. The largest absolute Gasteiger partial charge is 0.478 e. The van der Waals surface area contributed by atoms with Gasteiger partial charge in [0.25, 0.3) is 0 Å². The molecule has 0 bridgehead atoms. The Balaban J connectivity index is 1.67. The van der Waals surface area contributed by atoms with Crippen LogP contribution in [0.5, 0.6) is 5.75 Å². The highest BCUT2D eigenvalue weighted by atomic mass is 16.5. The van der Waals surface area contributed by atoms with Crippen molar-refractivity contribution in [1.29, 1.82) is 0 Å². The average Bonchev–Trinajstić information content (AvgIpc) is 3.03. The number of para-hydroxylation sites is 1. The van der Waals surface area contributed by atoms with E-state index in [9.17, 15) is 14.7 Å². The molecule has 3 rings (SSSR count). The van der Waals surface area contributed by atoms with E-state index in [1.165, 1.54) is 0 Å². The van der Waals surface area contributed by atoms with Crippen LogP contribution >= 0.6 is 0 Å². The standard InChI is InChI=1S/C19H26N2O4/c1-14-5-3-4-6-16(14)25-19(18(23)24)8-11-21(12-9-19)17(22)15-7-10-20(2)13-15/h3-6,15H,7-13H2,1-2H3,(H,23,24). The summed E-state index contributed by atoms with van der Waals surface area (Å²) >= 11 is 0. The van der Waals surface area contributed by atoms with Crippen LogP contribution in [0.4, 0.5) is 0 Å². The van der Waals surface area contributed by atoms with E-state index >= 15 is 0 Å². The fraction of sp³-hybridized carbons (Fsp3) is 0.579. The Bertz CT molecular complexity index is 653. The van der Waals surface area contributed by atoms with E-state index in [2.05, 4.69) is 4.90 Å². The van der Waals surface area contributed by atoms with Gasteiger partial charge >= 0.3 is 5.97 Å². The van der Waals surface area contributed by atoms with Gasteiger partial charge in [0.1, 0.15) is 5.75 Å². The molecule has 6 nitrogen and oxygen atoms in total. The molecule has 0 radical (unpaired) electrons. The van der Waals surface area contributed by atoms with Gasteiger partial charge in [-0.1, -0.05) is 18.2 Å². The lowest BCUT2D eigenvalue weighted by atomic mass is 9.90. The molecule has 1 amide bonds. The minimum Gasteiger partial charge on any atom is -0.478 e. The summed E-state index contributed by atoms with van der Waals surface area (Å²) in [5, 5.41) is 9.78. The van der Waals surface area contributed by atoms with E-state index in [0.717, 1.165) is 25.1 Å². The third kappa shape index (κ3) is 3.63. The summed E-state index contributed by atoms with van der Waals surface area (Å²) in [7, 11) is 2.02. The van der Waals surface area contributed by atoms with Crippen molar-refractivity contribution < 1.29 is 19.4 Å². The second kappa shape index (κ2) is 7.04. The lowest BCUT2D eigenvalue weighted by Crippen LogP contribution is -2.55. The van der Waals surface area contributed by atoms with Gasteiger partial charge in [-0.05, 0) is 38.6 Å². The van der Waals surface area contributed by atoms with Crippen LogP contribution in [0.2, 0.25) is 0 Å². The Hall–Kier alpha value is -2.08. The molecule has 1 unspecified atom stereocenters. The van der Waals surface area contributed by atoms with Crippen LogP contribution < -0.4 is 4.74 Å². The second-order valence-corrected chi connectivity index (χ2v) is 7.24. The first-order valence-electron chi connectivity index (χ1n) is 8.87. The maximum atomic E-state index is 12.7. The van der Waals surface area contributed by atoms with Gasteiger partial charge in [0.15, 0.2) is 0 Å². The van der Waals surface area contributed by atoms with Crippen LogP contribution in [-0.4, -0.2) is 65.6 Å². The van der Waals surface area contributed by atoms with Gasteiger partial charge in [0, 0.05) is 32.5 Å². The Morgan fingerprint density at radius 2 is 1.88 bits per heavy atom. The Kier molecular flexibility index (Phi) is 4.99. The van der Waals surface area contributed by atoms with E-state index in [1.807, 2.05) is 37.1 Å². The molecule has 0 aliphatic carbocycles. The van der Waals surface area contributed by atoms with E-state index < -0.39 is 11.6 Å². The van der Waals surface area contributed by atoms with Crippen LogP contribution in [0.3, 0.4) is 0 Å². The number of rotatable bonds is 4. The SMILES string of the molecule is Cc1ccccc1OC1(C(=O)O)CCN(C(=O)C2CCN(C)C2)CC1. The number of aryl methyl sites for hydroxylation is 1. The highest BCUT2D eigenvalue weighted by Gasteiger charge is 2.46. The quantitative estimate of drug-likeness (QED) is 0.900. The minimum atomic E-state index is -1.25. The first-order valence-corrected chi connectivity index (χ1v) is 8.87. The molecular weight excluding hydrogens is 320 g/mol. The van der Waals surface area contributed by atoms with E-state index in [1.54, 1.807) is 6.07 Å². The predicted octanol–water partition coefficient (Wildman–Crippen LogP) is 1.77. The van der Waals surface area contributed by atoms with E-state index in [4.69, 9.17) is 4.74 Å². The topological polar surface area (TPSA) is 70.1 Å². The molecule has 2 fully saturated rings. The molecule has 6 heteroatoms. The number of carboxylic acids is 1. The number of benzene rings is 1. The molecular formula is C19H26N2O4. The minimum absolute atomic E-state index is 0.0413. The molecule has 2 saturated heterocycles. The lowest BCUT2D eigenvalue weighted by molar-refractivity contribution is -0.162. The maximum absolute atomic E-state index is 12.7. The van der Waals surface area contributed by atoms with Crippen molar-refractivity contribution in [2.75, 3.05) is 33.2 Å². The van der Waals surface area contributed by atoms with Gasteiger partial charge in [-0.25, -0.2) is 4.79 Å². The highest BCUT2D eigenvalue weighted by Crippen LogP contribution is 2.32. The molecule has 0 spiro atoms. The van der Waals surface area contributed by atoms with Crippen LogP contribution in [0.25, 0.3) is 0 Å².